The topological polar surface area (TPSA) is 63.4 Å². The fraction of sp³-hybridized carbons (Fsp3) is 0.400. The van der Waals surface area contributed by atoms with Gasteiger partial charge in [-0.25, -0.2) is 17.7 Å². The molecule has 1 aliphatic heterocycles. The highest BCUT2D eigenvalue weighted by Gasteiger charge is 2.32. The van der Waals surface area contributed by atoms with Gasteiger partial charge in [0.05, 0.1) is 18.4 Å². The molecule has 1 atom stereocenters. The molecule has 0 amide bonds. The van der Waals surface area contributed by atoms with Gasteiger partial charge in [-0.15, -0.1) is 0 Å². The number of sulfonamides is 1. The van der Waals surface area contributed by atoms with Crippen LogP contribution in [0.25, 0.3) is 0 Å². The zero-order valence-corrected chi connectivity index (χ0v) is 13.8. The number of hydrogen-bond acceptors (Lipinski definition) is 4. The van der Waals surface area contributed by atoms with Crippen LogP contribution in [0.1, 0.15) is 29.6 Å². The van der Waals surface area contributed by atoms with Gasteiger partial charge in [-0.05, 0) is 18.1 Å². The Morgan fingerprint density at radius 1 is 1.41 bits per heavy atom. The fourth-order valence-electron chi connectivity index (χ4n) is 2.65. The van der Waals surface area contributed by atoms with E-state index in [0.717, 1.165) is 17.7 Å². The summed E-state index contributed by atoms with van der Waals surface area (Å²) in [5.41, 5.74) is 0.982. The maximum absolute atomic E-state index is 11.6. The van der Waals surface area contributed by atoms with E-state index < -0.39 is 10.0 Å². The zero-order chi connectivity index (χ0) is 15.7. The fourth-order valence-corrected chi connectivity index (χ4v) is 3.74. The van der Waals surface area contributed by atoms with E-state index in [1.807, 2.05) is 24.3 Å². The lowest BCUT2D eigenvalue weighted by atomic mass is 10.1. The number of rotatable bonds is 4. The van der Waals surface area contributed by atoms with Crippen molar-refractivity contribution in [2.24, 2.45) is 0 Å². The Morgan fingerprint density at radius 3 is 2.86 bits per heavy atom. The molecule has 0 bridgehead atoms. The molecule has 1 saturated heterocycles. The third kappa shape index (κ3) is 3.34. The van der Waals surface area contributed by atoms with Crippen LogP contribution >= 0.6 is 11.6 Å². The molecule has 0 spiro atoms. The highest BCUT2D eigenvalue weighted by atomic mass is 35.5. The van der Waals surface area contributed by atoms with Gasteiger partial charge in [0, 0.05) is 24.5 Å². The van der Waals surface area contributed by atoms with Gasteiger partial charge in [0.2, 0.25) is 10.0 Å². The Bertz CT molecular complexity index is 773. The zero-order valence-electron chi connectivity index (χ0n) is 12.2. The molecule has 1 aliphatic rings. The SMILES string of the molecule is CS(=O)(=O)N1CC[C@H](c2ncc(Cc3ccccc3Cl)o2)C1. The molecule has 7 heteroatoms. The summed E-state index contributed by atoms with van der Waals surface area (Å²) in [6.45, 7) is 0.955. The molecular weight excluding hydrogens is 324 g/mol. The van der Waals surface area contributed by atoms with Gasteiger partial charge in [0.15, 0.2) is 5.89 Å². The molecule has 0 saturated carbocycles. The number of benzene rings is 1. The van der Waals surface area contributed by atoms with Crippen molar-refractivity contribution in [2.75, 3.05) is 19.3 Å². The van der Waals surface area contributed by atoms with Crippen molar-refractivity contribution in [2.45, 2.75) is 18.8 Å². The van der Waals surface area contributed by atoms with Crippen molar-refractivity contribution in [3.63, 3.8) is 0 Å². The molecule has 3 rings (SSSR count). The summed E-state index contributed by atoms with van der Waals surface area (Å²) < 4.78 is 30.4. The van der Waals surface area contributed by atoms with Crippen LogP contribution in [0.4, 0.5) is 0 Å². The van der Waals surface area contributed by atoms with Crippen molar-refractivity contribution in [1.82, 2.24) is 9.29 Å². The molecule has 2 heterocycles. The number of oxazole rings is 1. The summed E-state index contributed by atoms with van der Waals surface area (Å²) in [5.74, 6) is 1.36. The molecule has 118 valence electrons. The first-order valence-corrected chi connectivity index (χ1v) is 9.29. The molecule has 1 fully saturated rings. The quantitative estimate of drug-likeness (QED) is 0.858. The number of halogens is 1. The number of nitrogens with zero attached hydrogens (tertiary/aromatic N) is 2. The monoisotopic (exact) mass is 340 g/mol. The maximum atomic E-state index is 11.6. The first-order chi connectivity index (χ1) is 10.4. The van der Waals surface area contributed by atoms with Gasteiger partial charge < -0.3 is 4.42 Å². The van der Waals surface area contributed by atoms with Crippen molar-refractivity contribution >= 4 is 21.6 Å². The molecule has 1 aromatic carbocycles. The molecule has 22 heavy (non-hydrogen) atoms. The van der Waals surface area contributed by atoms with Crippen LogP contribution in [0, 0.1) is 0 Å². The van der Waals surface area contributed by atoms with E-state index in [1.54, 1.807) is 6.20 Å². The van der Waals surface area contributed by atoms with Crippen LogP contribution in [0.15, 0.2) is 34.9 Å². The van der Waals surface area contributed by atoms with Crippen LogP contribution in [-0.2, 0) is 16.4 Å². The molecule has 1 aromatic heterocycles. The van der Waals surface area contributed by atoms with Crippen LogP contribution in [0.2, 0.25) is 5.02 Å². The van der Waals surface area contributed by atoms with Crippen LogP contribution in [-0.4, -0.2) is 37.1 Å². The second-order valence-corrected chi connectivity index (χ2v) is 7.93. The van der Waals surface area contributed by atoms with Crippen LogP contribution in [0.3, 0.4) is 0 Å². The van der Waals surface area contributed by atoms with Crippen molar-refractivity contribution < 1.29 is 12.8 Å². The van der Waals surface area contributed by atoms with Gasteiger partial charge in [-0.3, -0.25) is 0 Å². The Balaban J connectivity index is 1.71. The third-order valence-electron chi connectivity index (χ3n) is 3.86. The van der Waals surface area contributed by atoms with Crippen molar-refractivity contribution in [3.8, 4) is 0 Å². The summed E-state index contributed by atoms with van der Waals surface area (Å²) in [5, 5.41) is 0.699. The van der Waals surface area contributed by atoms with E-state index in [-0.39, 0.29) is 5.92 Å². The largest absolute Gasteiger partial charge is 0.445 e. The predicted octanol–water partition coefficient (Wildman–Crippen LogP) is 2.67. The standard InChI is InChI=1S/C15H17ClN2O3S/c1-22(19,20)18-7-6-12(10-18)15-17-9-13(21-15)8-11-4-2-3-5-14(11)16/h2-5,9,12H,6-8,10H2,1H3/t12-/m0/s1. The lowest BCUT2D eigenvalue weighted by molar-refractivity contribution is 0.418. The highest BCUT2D eigenvalue weighted by Crippen LogP contribution is 2.29. The van der Waals surface area contributed by atoms with E-state index in [2.05, 4.69) is 4.98 Å². The average Bonchev–Trinajstić information content (AvgIpc) is 3.09. The highest BCUT2D eigenvalue weighted by molar-refractivity contribution is 7.88. The maximum Gasteiger partial charge on any atom is 0.211 e. The van der Waals surface area contributed by atoms with Gasteiger partial charge in [-0.1, -0.05) is 29.8 Å². The van der Waals surface area contributed by atoms with Gasteiger partial charge >= 0.3 is 0 Å². The molecule has 0 radical (unpaired) electrons. The van der Waals surface area contributed by atoms with Crippen molar-refractivity contribution in [3.05, 3.63) is 52.7 Å². The lowest BCUT2D eigenvalue weighted by Crippen LogP contribution is -2.27. The summed E-state index contributed by atoms with van der Waals surface area (Å²) >= 11 is 6.14. The molecule has 0 N–H and O–H groups in total. The van der Waals surface area contributed by atoms with E-state index >= 15 is 0 Å². The van der Waals surface area contributed by atoms with Gasteiger partial charge in [-0.2, -0.15) is 0 Å². The minimum atomic E-state index is -3.14. The first kappa shape index (κ1) is 15.5. The van der Waals surface area contributed by atoms with Gasteiger partial charge in [0.25, 0.3) is 0 Å². The number of hydrogen-bond donors (Lipinski definition) is 0. The summed E-state index contributed by atoms with van der Waals surface area (Å²) in [7, 11) is -3.14. The molecular formula is C15H17ClN2O3S. The molecule has 2 aromatic rings. The normalized spacial score (nSPS) is 19.6. The van der Waals surface area contributed by atoms with Gasteiger partial charge in [0.1, 0.15) is 5.76 Å². The van der Waals surface area contributed by atoms with E-state index in [9.17, 15) is 8.42 Å². The van der Waals surface area contributed by atoms with Crippen LogP contribution in [0.5, 0.6) is 0 Å². The predicted molar refractivity (Wildman–Crippen MR) is 84.5 cm³/mol. The summed E-state index contributed by atoms with van der Waals surface area (Å²) in [6, 6.07) is 7.61. The molecule has 0 unspecified atom stereocenters. The Hall–Kier alpha value is -1.37. The number of aromatic nitrogens is 1. The third-order valence-corrected chi connectivity index (χ3v) is 5.50. The average molecular weight is 341 g/mol. The van der Waals surface area contributed by atoms with Crippen molar-refractivity contribution in [1.29, 1.82) is 0 Å². The second kappa shape index (κ2) is 6.02. The molecule has 0 aliphatic carbocycles. The van der Waals surface area contributed by atoms with E-state index in [0.29, 0.717) is 30.4 Å². The lowest BCUT2D eigenvalue weighted by Gasteiger charge is -2.11. The Morgan fingerprint density at radius 2 is 2.18 bits per heavy atom. The van der Waals surface area contributed by atoms with E-state index in [4.69, 9.17) is 16.0 Å². The molecule has 5 nitrogen and oxygen atoms in total. The summed E-state index contributed by atoms with van der Waals surface area (Å²) in [6.07, 6.45) is 4.24. The second-order valence-electron chi connectivity index (χ2n) is 5.54. The van der Waals surface area contributed by atoms with Crippen LogP contribution < -0.4 is 0 Å². The summed E-state index contributed by atoms with van der Waals surface area (Å²) in [4.78, 5) is 4.31. The first-order valence-electron chi connectivity index (χ1n) is 7.06. The Labute approximate surface area is 135 Å². The minimum Gasteiger partial charge on any atom is -0.445 e. The smallest absolute Gasteiger partial charge is 0.211 e. The Kier molecular flexibility index (Phi) is 4.25. The van der Waals surface area contributed by atoms with E-state index in [1.165, 1.54) is 10.6 Å². The minimum absolute atomic E-state index is 0.0229.